The van der Waals surface area contributed by atoms with Crippen molar-refractivity contribution in [2.75, 3.05) is 0 Å². The molecule has 0 heterocycles. The fraction of sp³-hybridized carbons (Fsp3) is 0.400. The van der Waals surface area contributed by atoms with Crippen LogP contribution in [0.1, 0.15) is 31.1 Å². The van der Waals surface area contributed by atoms with Gasteiger partial charge in [0.15, 0.2) is 6.10 Å². The maximum absolute atomic E-state index is 13.6. The van der Waals surface area contributed by atoms with Gasteiger partial charge in [-0.2, -0.15) is 0 Å². The third-order valence-electron chi connectivity index (χ3n) is 3.02. The summed E-state index contributed by atoms with van der Waals surface area (Å²) in [5, 5.41) is 2.41. The van der Waals surface area contributed by atoms with Crippen molar-refractivity contribution in [3.63, 3.8) is 0 Å². The van der Waals surface area contributed by atoms with E-state index in [1.165, 1.54) is 25.1 Å². The first kappa shape index (κ1) is 17.6. The highest BCUT2D eigenvalue weighted by Crippen LogP contribution is 2.10. The summed E-state index contributed by atoms with van der Waals surface area (Å²) in [6, 6.07) is 4.39. The first-order valence-corrected chi connectivity index (χ1v) is 6.79. The highest BCUT2D eigenvalue weighted by Gasteiger charge is 2.29. The third-order valence-corrected chi connectivity index (χ3v) is 3.02. The van der Waals surface area contributed by atoms with Crippen LogP contribution in [0.3, 0.4) is 0 Å². The molecule has 6 nitrogen and oxygen atoms in total. The minimum atomic E-state index is -1.11. The van der Waals surface area contributed by atoms with Crippen LogP contribution in [0.2, 0.25) is 0 Å². The molecule has 0 saturated carbocycles. The van der Waals surface area contributed by atoms with Crippen LogP contribution < -0.4 is 11.1 Å². The Bertz CT molecular complexity index is 574. The van der Waals surface area contributed by atoms with E-state index in [2.05, 4.69) is 5.32 Å². The standard InChI is InChI=1S/C15H19FN2O4/c1-8(2)12(15(21)22-9(3)13(17)19)18-14(20)10-6-4-5-7-11(10)16/h4-9,12H,1-3H3,(H2,17,19)(H,18,20)/t9-,12+/m1/s1. The number of primary amides is 1. The van der Waals surface area contributed by atoms with Crippen molar-refractivity contribution in [3.8, 4) is 0 Å². The summed E-state index contributed by atoms with van der Waals surface area (Å²) in [7, 11) is 0. The van der Waals surface area contributed by atoms with Gasteiger partial charge >= 0.3 is 5.97 Å². The van der Waals surface area contributed by atoms with Crippen molar-refractivity contribution in [1.29, 1.82) is 0 Å². The van der Waals surface area contributed by atoms with E-state index >= 15 is 0 Å². The lowest BCUT2D eigenvalue weighted by Gasteiger charge is -2.22. The number of halogens is 1. The van der Waals surface area contributed by atoms with Gasteiger partial charge in [0.1, 0.15) is 11.9 Å². The van der Waals surface area contributed by atoms with Crippen LogP contribution in [0.25, 0.3) is 0 Å². The van der Waals surface area contributed by atoms with Gasteiger partial charge in [-0.15, -0.1) is 0 Å². The second-order valence-corrected chi connectivity index (χ2v) is 5.16. The molecule has 22 heavy (non-hydrogen) atoms. The summed E-state index contributed by atoms with van der Waals surface area (Å²) in [6.07, 6.45) is -1.11. The van der Waals surface area contributed by atoms with Gasteiger partial charge in [0.25, 0.3) is 11.8 Å². The number of benzene rings is 1. The zero-order valence-corrected chi connectivity index (χ0v) is 12.6. The lowest BCUT2D eigenvalue weighted by Crippen LogP contribution is -2.47. The van der Waals surface area contributed by atoms with Crippen molar-refractivity contribution >= 4 is 17.8 Å². The fourth-order valence-corrected chi connectivity index (χ4v) is 1.67. The molecule has 0 bridgehead atoms. The number of amides is 2. The van der Waals surface area contributed by atoms with E-state index in [1.807, 2.05) is 0 Å². The normalized spacial score (nSPS) is 13.3. The van der Waals surface area contributed by atoms with Gasteiger partial charge in [-0.25, -0.2) is 9.18 Å². The Labute approximate surface area is 127 Å². The van der Waals surface area contributed by atoms with Gasteiger partial charge < -0.3 is 15.8 Å². The molecular weight excluding hydrogens is 291 g/mol. The van der Waals surface area contributed by atoms with Crippen LogP contribution in [0, 0.1) is 11.7 Å². The predicted molar refractivity (Wildman–Crippen MR) is 77.2 cm³/mol. The summed E-state index contributed by atoms with van der Waals surface area (Å²) in [6.45, 7) is 4.70. The summed E-state index contributed by atoms with van der Waals surface area (Å²) in [5.41, 5.74) is 4.84. The second-order valence-electron chi connectivity index (χ2n) is 5.16. The number of carbonyl (C=O) groups excluding carboxylic acids is 3. The van der Waals surface area contributed by atoms with Gasteiger partial charge in [-0.1, -0.05) is 26.0 Å². The molecule has 0 radical (unpaired) electrons. The van der Waals surface area contributed by atoms with Gasteiger partial charge in [0, 0.05) is 0 Å². The van der Waals surface area contributed by atoms with Crippen molar-refractivity contribution in [3.05, 3.63) is 35.6 Å². The van der Waals surface area contributed by atoms with Crippen LogP contribution in [0.15, 0.2) is 24.3 Å². The maximum atomic E-state index is 13.6. The molecule has 1 rings (SSSR count). The number of carbonyl (C=O) groups is 3. The van der Waals surface area contributed by atoms with E-state index in [1.54, 1.807) is 13.8 Å². The molecule has 0 unspecified atom stereocenters. The first-order chi connectivity index (χ1) is 10.2. The number of nitrogens with two attached hydrogens (primary N) is 1. The molecule has 0 saturated heterocycles. The predicted octanol–water partition coefficient (Wildman–Crippen LogP) is 0.997. The summed E-state index contributed by atoms with van der Waals surface area (Å²) in [4.78, 5) is 35.0. The molecule has 1 aromatic rings. The molecule has 120 valence electrons. The number of ether oxygens (including phenoxy) is 1. The third kappa shape index (κ3) is 4.54. The first-order valence-electron chi connectivity index (χ1n) is 6.79. The zero-order valence-electron chi connectivity index (χ0n) is 12.6. The largest absolute Gasteiger partial charge is 0.451 e. The summed E-state index contributed by atoms with van der Waals surface area (Å²) in [5.74, 6) is -3.34. The van der Waals surface area contributed by atoms with Gasteiger partial charge in [-0.05, 0) is 25.0 Å². The van der Waals surface area contributed by atoms with E-state index in [4.69, 9.17) is 10.5 Å². The average Bonchev–Trinajstić information content (AvgIpc) is 2.44. The molecule has 1 aromatic carbocycles. The van der Waals surface area contributed by atoms with Crippen LogP contribution >= 0.6 is 0 Å². The van der Waals surface area contributed by atoms with Crippen molar-refractivity contribution in [2.24, 2.45) is 11.7 Å². The lowest BCUT2D eigenvalue weighted by molar-refractivity contribution is -0.156. The van der Waals surface area contributed by atoms with E-state index in [-0.39, 0.29) is 11.5 Å². The van der Waals surface area contributed by atoms with Crippen LogP contribution in [0.4, 0.5) is 4.39 Å². The minimum absolute atomic E-state index is 0.177. The number of nitrogens with one attached hydrogen (secondary N) is 1. The van der Waals surface area contributed by atoms with E-state index < -0.39 is 35.7 Å². The minimum Gasteiger partial charge on any atom is -0.451 e. The number of hydrogen-bond acceptors (Lipinski definition) is 4. The Kier molecular flexibility index (Phi) is 6.03. The van der Waals surface area contributed by atoms with Crippen LogP contribution in [-0.4, -0.2) is 29.9 Å². The second kappa shape index (κ2) is 7.53. The summed E-state index contributed by atoms with van der Waals surface area (Å²) < 4.78 is 18.5. The molecule has 0 aliphatic carbocycles. The van der Waals surface area contributed by atoms with E-state index in [9.17, 15) is 18.8 Å². The van der Waals surface area contributed by atoms with Gasteiger partial charge in [-0.3, -0.25) is 9.59 Å². The molecule has 3 N–H and O–H groups in total. The highest BCUT2D eigenvalue weighted by molar-refractivity contribution is 5.97. The number of rotatable bonds is 6. The van der Waals surface area contributed by atoms with Crippen molar-refractivity contribution < 1.29 is 23.5 Å². The van der Waals surface area contributed by atoms with E-state index in [0.29, 0.717) is 0 Å². The highest BCUT2D eigenvalue weighted by atomic mass is 19.1. The molecule has 2 atom stereocenters. The number of hydrogen-bond donors (Lipinski definition) is 2. The molecule has 2 amide bonds. The molecule has 0 aromatic heterocycles. The quantitative estimate of drug-likeness (QED) is 0.766. The maximum Gasteiger partial charge on any atom is 0.329 e. The fourth-order valence-electron chi connectivity index (χ4n) is 1.67. The Hall–Kier alpha value is -2.44. The van der Waals surface area contributed by atoms with Gasteiger partial charge in [0.2, 0.25) is 0 Å². The van der Waals surface area contributed by atoms with Crippen LogP contribution in [0.5, 0.6) is 0 Å². The van der Waals surface area contributed by atoms with Crippen molar-refractivity contribution in [2.45, 2.75) is 32.9 Å². The zero-order chi connectivity index (χ0) is 16.9. The Morgan fingerprint density at radius 3 is 2.27 bits per heavy atom. The lowest BCUT2D eigenvalue weighted by atomic mass is 10.0. The summed E-state index contributed by atoms with van der Waals surface area (Å²) >= 11 is 0. The molecule has 7 heteroatoms. The van der Waals surface area contributed by atoms with Gasteiger partial charge in [0.05, 0.1) is 5.56 Å². The number of esters is 1. The molecule has 0 spiro atoms. The average molecular weight is 310 g/mol. The SMILES string of the molecule is CC(C)[C@H](NC(=O)c1ccccc1F)C(=O)O[C@H](C)C(N)=O. The topological polar surface area (TPSA) is 98.5 Å². The Balaban J connectivity index is 2.84. The van der Waals surface area contributed by atoms with E-state index in [0.717, 1.165) is 6.07 Å². The molecular formula is C15H19FN2O4. The Morgan fingerprint density at radius 2 is 1.77 bits per heavy atom. The monoisotopic (exact) mass is 310 g/mol. The van der Waals surface area contributed by atoms with Crippen LogP contribution in [-0.2, 0) is 14.3 Å². The molecule has 0 fully saturated rings. The van der Waals surface area contributed by atoms with Crippen molar-refractivity contribution in [1.82, 2.24) is 5.32 Å². The molecule has 0 aliphatic rings. The smallest absolute Gasteiger partial charge is 0.329 e. The Morgan fingerprint density at radius 1 is 1.18 bits per heavy atom. The molecule has 0 aliphatic heterocycles.